The first-order valence-corrected chi connectivity index (χ1v) is 6.50. The van der Waals surface area contributed by atoms with Gasteiger partial charge in [0.2, 0.25) is 0 Å². The molecule has 1 N–H and O–H groups in total. The third kappa shape index (κ3) is 2.96. The van der Waals surface area contributed by atoms with Gasteiger partial charge in [0.25, 0.3) is 0 Å². The summed E-state index contributed by atoms with van der Waals surface area (Å²) in [5, 5.41) is 3.35. The molecule has 2 rings (SSSR count). The van der Waals surface area contributed by atoms with E-state index in [4.69, 9.17) is 9.47 Å². The fourth-order valence-electron chi connectivity index (χ4n) is 2.28. The molecule has 1 heterocycles. The Morgan fingerprint density at radius 1 is 1.42 bits per heavy atom. The van der Waals surface area contributed by atoms with Crippen LogP contribution in [-0.2, 0) is 20.8 Å². The monoisotopic (exact) mass is 263 g/mol. The van der Waals surface area contributed by atoms with Gasteiger partial charge in [-0.3, -0.25) is 4.79 Å². The van der Waals surface area contributed by atoms with Crippen molar-refractivity contribution in [3.8, 4) is 0 Å². The van der Waals surface area contributed by atoms with Crippen molar-refractivity contribution < 1.29 is 14.3 Å². The Balaban J connectivity index is 1.92. The van der Waals surface area contributed by atoms with Gasteiger partial charge in [0, 0.05) is 13.1 Å². The van der Waals surface area contributed by atoms with E-state index in [-0.39, 0.29) is 5.97 Å². The van der Waals surface area contributed by atoms with Crippen LogP contribution < -0.4 is 5.32 Å². The molecule has 19 heavy (non-hydrogen) atoms. The molecule has 4 nitrogen and oxygen atoms in total. The number of carbonyl (C=O) groups is 1. The van der Waals surface area contributed by atoms with E-state index in [0.29, 0.717) is 19.8 Å². The number of rotatable bonds is 5. The van der Waals surface area contributed by atoms with E-state index in [1.165, 1.54) is 23.8 Å². The van der Waals surface area contributed by atoms with Gasteiger partial charge >= 0.3 is 5.97 Å². The first-order valence-electron chi connectivity index (χ1n) is 6.50. The van der Waals surface area contributed by atoms with Crippen molar-refractivity contribution in [1.29, 1.82) is 0 Å². The molecule has 1 aromatic rings. The molecule has 0 saturated carbocycles. The van der Waals surface area contributed by atoms with Gasteiger partial charge < -0.3 is 14.8 Å². The zero-order valence-electron chi connectivity index (χ0n) is 11.8. The largest absolute Gasteiger partial charge is 0.468 e. The van der Waals surface area contributed by atoms with Gasteiger partial charge in [0.15, 0.2) is 0 Å². The second kappa shape index (κ2) is 5.72. The van der Waals surface area contributed by atoms with Crippen molar-refractivity contribution in [1.82, 2.24) is 5.32 Å². The highest BCUT2D eigenvalue weighted by Gasteiger charge is 2.46. The molecule has 1 aromatic carbocycles. The molecule has 104 valence electrons. The standard InChI is InChI=1S/C15H21NO3/c1-11-4-5-12(2)13(6-11)7-16-8-15(9-19-10-15)14(17)18-3/h4-6,16H,7-10H2,1-3H3. The summed E-state index contributed by atoms with van der Waals surface area (Å²) in [7, 11) is 1.42. The average Bonchev–Trinajstić information content (AvgIpc) is 2.35. The van der Waals surface area contributed by atoms with Crippen LogP contribution in [-0.4, -0.2) is 32.8 Å². The first kappa shape index (κ1) is 14.0. The quantitative estimate of drug-likeness (QED) is 0.819. The molecular weight excluding hydrogens is 242 g/mol. The van der Waals surface area contributed by atoms with Crippen LogP contribution in [0, 0.1) is 19.3 Å². The van der Waals surface area contributed by atoms with Crippen molar-refractivity contribution in [3.63, 3.8) is 0 Å². The number of benzene rings is 1. The lowest BCUT2D eigenvalue weighted by Gasteiger charge is -2.38. The third-order valence-corrected chi connectivity index (χ3v) is 3.66. The predicted octanol–water partition coefficient (Wildman–Crippen LogP) is 1.58. The summed E-state index contributed by atoms with van der Waals surface area (Å²) in [6.45, 7) is 6.41. The van der Waals surface area contributed by atoms with Crippen LogP contribution in [0.15, 0.2) is 18.2 Å². The Bertz CT molecular complexity index is 466. The Morgan fingerprint density at radius 2 is 2.16 bits per heavy atom. The summed E-state index contributed by atoms with van der Waals surface area (Å²) >= 11 is 0. The second-order valence-electron chi connectivity index (χ2n) is 5.30. The highest BCUT2D eigenvalue weighted by Crippen LogP contribution is 2.28. The fraction of sp³-hybridized carbons (Fsp3) is 0.533. The number of carbonyl (C=O) groups excluding carboxylic acids is 1. The van der Waals surface area contributed by atoms with Gasteiger partial charge in [0.05, 0.1) is 20.3 Å². The Hall–Kier alpha value is -1.39. The van der Waals surface area contributed by atoms with E-state index >= 15 is 0 Å². The molecule has 4 heteroatoms. The normalized spacial score (nSPS) is 16.8. The lowest BCUT2D eigenvalue weighted by atomic mass is 9.86. The smallest absolute Gasteiger partial charge is 0.317 e. The van der Waals surface area contributed by atoms with Crippen LogP contribution in [0.25, 0.3) is 0 Å². The summed E-state index contributed by atoms with van der Waals surface area (Å²) in [5.41, 5.74) is 3.28. The Labute approximate surface area is 114 Å². The third-order valence-electron chi connectivity index (χ3n) is 3.66. The number of hydrogen-bond acceptors (Lipinski definition) is 4. The first-order chi connectivity index (χ1) is 9.07. The average molecular weight is 263 g/mol. The topological polar surface area (TPSA) is 47.6 Å². The minimum absolute atomic E-state index is 0.188. The number of ether oxygens (including phenoxy) is 2. The number of hydrogen-bond donors (Lipinski definition) is 1. The molecule has 1 aliphatic heterocycles. The lowest BCUT2D eigenvalue weighted by molar-refractivity contribution is -0.182. The summed E-state index contributed by atoms with van der Waals surface area (Å²) in [4.78, 5) is 11.7. The van der Waals surface area contributed by atoms with Gasteiger partial charge in [-0.1, -0.05) is 23.8 Å². The van der Waals surface area contributed by atoms with Gasteiger partial charge in [-0.05, 0) is 25.0 Å². The molecule has 1 saturated heterocycles. The molecule has 0 radical (unpaired) electrons. The highest BCUT2D eigenvalue weighted by atomic mass is 16.5. The number of esters is 1. The van der Waals surface area contributed by atoms with E-state index in [1.807, 2.05) is 0 Å². The molecular formula is C15H21NO3. The molecule has 0 atom stereocenters. The van der Waals surface area contributed by atoms with Crippen LogP contribution in [0.3, 0.4) is 0 Å². The van der Waals surface area contributed by atoms with Crippen LogP contribution in [0.2, 0.25) is 0 Å². The zero-order chi connectivity index (χ0) is 13.9. The van der Waals surface area contributed by atoms with Crippen LogP contribution in [0.4, 0.5) is 0 Å². The Kier molecular flexibility index (Phi) is 4.22. The van der Waals surface area contributed by atoms with Crippen LogP contribution in [0.5, 0.6) is 0 Å². The van der Waals surface area contributed by atoms with Gasteiger partial charge in [-0.25, -0.2) is 0 Å². The van der Waals surface area contributed by atoms with Crippen molar-refractivity contribution in [3.05, 3.63) is 34.9 Å². The summed E-state index contributed by atoms with van der Waals surface area (Å²) < 4.78 is 10.0. The summed E-state index contributed by atoms with van der Waals surface area (Å²) in [5.74, 6) is -0.188. The molecule has 1 fully saturated rings. The summed E-state index contributed by atoms with van der Waals surface area (Å²) in [6, 6.07) is 6.40. The van der Waals surface area contributed by atoms with Gasteiger partial charge in [-0.2, -0.15) is 0 Å². The maximum absolute atomic E-state index is 11.7. The molecule has 0 aliphatic carbocycles. The lowest BCUT2D eigenvalue weighted by Crippen LogP contribution is -2.55. The van der Waals surface area contributed by atoms with E-state index in [2.05, 4.69) is 37.4 Å². The van der Waals surface area contributed by atoms with Gasteiger partial charge in [-0.15, -0.1) is 0 Å². The number of methoxy groups -OCH3 is 1. The van der Waals surface area contributed by atoms with Crippen molar-refractivity contribution in [2.45, 2.75) is 20.4 Å². The highest BCUT2D eigenvalue weighted by molar-refractivity contribution is 5.78. The second-order valence-corrected chi connectivity index (χ2v) is 5.30. The molecule has 0 spiro atoms. The predicted molar refractivity (Wildman–Crippen MR) is 72.9 cm³/mol. The molecule has 0 amide bonds. The van der Waals surface area contributed by atoms with E-state index in [0.717, 1.165) is 6.54 Å². The van der Waals surface area contributed by atoms with E-state index in [1.54, 1.807) is 0 Å². The number of aryl methyl sites for hydroxylation is 2. The minimum atomic E-state index is -0.494. The maximum Gasteiger partial charge on any atom is 0.317 e. The fourth-order valence-corrected chi connectivity index (χ4v) is 2.28. The number of nitrogens with one attached hydrogen (secondary N) is 1. The molecule has 1 aliphatic rings. The van der Waals surface area contributed by atoms with Crippen molar-refractivity contribution in [2.75, 3.05) is 26.9 Å². The van der Waals surface area contributed by atoms with E-state index in [9.17, 15) is 4.79 Å². The van der Waals surface area contributed by atoms with Gasteiger partial charge in [0.1, 0.15) is 5.41 Å². The van der Waals surface area contributed by atoms with Crippen LogP contribution >= 0.6 is 0 Å². The van der Waals surface area contributed by atoms with Crippen LogP contribution in [0.1, 0.15) is 16.7 Å². The zero-order valence-corrected chi connectivity index (χ0v) is 11.8. The molecule has 0 bridgehead atoms. The molecule has 0 aromatic heterocycles. The minimum Gasteiger partial charge on any atom is -0.468 e. The summed E-state index contributed by atoms with van der Waals surface area (Å²) in [6.07, 6.45) is 0. The van der Waals surface area contributed by atoms with Crippen molar-refractivity contribution in [2.24, 2.45) is 5.41 Å². The van der Waals surface area contributed by atoms with E-state index < -0.39 is 5.41 Å². The maximum atomic E-state index is 11.7. The Morgan fingerprint density at radius 3 is 2.74 bits per heavy atom. The molecule has 0 unspecified atom stereocenters. The SMILES string of the molecule is COC(=O)C1(CNCc2cc(C)ccc2C)COC1. The van der Waals surface area contributed by atoms with Crippen molar-refractivity contribution >= 4 is 5.97 Å².